The molecular weight excluding hydrogens is 470 g/mol. The minimum absolute atomic E-state index is 0.228. The molecule has 0 spiro atoms. The van der Waals surface area contributed by atoms with Crippen molar-refractivity contribution < 1.29 is 13.7 Å². The summed E-state index contributed by atoms with van der Waals surface area (Å²) in [5.74, 6) is 0. The molecule has 138 valence electrons. The van der Waals surface area contributed by atoms with Crippen molar-refractivity contribution in [1.82, 2.24) is 10.6 Å². The van der Waals surface area contributed by atoms with Crippen LogP contribution in [0.4, 0.5) is 4.79 Å². The number of likely N-dealkylation sites (N-methyl/N-ethyl adjacent to an activating group) is 1. The Morgan fingerprint density at radius 3 is 2.44 bits per heavy atom. The quantitative estimate of drug-likeness (QED) is 0.263. The Morgan fingerprint density at radius 2 is 1.96 bits per heavy atom. The molecule has 0 saturated heterocycles. The summed E-state index contributed by atoms with van der Waals surface area (Å²) in [4.78, 5) is 12.6. The lowest BCUT2D eigenvalue weighted by Gasteiger charge is -2.24. The highest BCUT2D eigenvalue weighted by atomic mass is 127. The van der Waals surface area contributed by atoms with E-state index in [1.807, 2.05) is 32.9 Å². The van der Waals surface area contributed by atoms with Crippen molar-refractivity contribution in [3.05, 3.63) is 29.8 Å². The Kier molecular flexibility index (Phi) is 9.54. The van der Waals surface area contributed by atoms with Crippen LogP contribution in [0.2, 0.25) is 0 Å². The first-order valence-corrected chi connectivity index (χ1v) is 10.3. The van der Waals surface area contributed by atoms with Gasteiger partial charge in [-0.25, -0.2) is 4.79 Å². The summed E-state index contributed by atoms with van der Waals surface area (Å²) in [7, 11) is 3.41. The average Bonchev–Trinajstić information content (AvgIpc) is 2.52. The van der Waals surface area contributed by atoms with Gasteiger partial charge in [0.2, 0.25) is 0 Å². The largest absolute Gasteiger partial charge is 0.444 e. The van der Waals surface area contributed by atoms with Crippen LogP contribution in [-0.4, -0.2) is 40.7 Å². The van der Waals surface area contributed by atoms with Crippen LogP contribution in [0.15, 0.2) is 24.3 Å². The number of ether oxygens (including phenoxy) is 1. The summed E-state index contributed by atoms with van der Waals surface area (Å²) in [6.45, 7) is 5.49. The third-order valence-electron chi connectivity index (χ3n) is 3.12. The maximum atomic E-state index is 12.1. The molecule has 0 aromatic heterocycles. The predicted molar refractivity (Wildman–Crippen MR) is 119 cm³/mol. The summed E-state index contributed by atoms with van der Waals surface area (Å²) < 4.78 is 10.7. The van der Waals surface area contributed by atoms with E-state index in [2.05, 4.69) is 45.1 Å². The SMILES string of the molecule is CNC(=S)C(Cc1ccc(B(I)SOC)cc1)NC(=O)OC(C)(C)C. The first-order valence-electron chi connectivity index (χ1n) is 7.79. The Bertz CT molecular complexity index is 582. The summed E-state index contributed by atoms with van der Waals surface area (Å²) in [6, 6.07) is 7.87. The zero-order chi connectivity index (χ0) is 19.0. The molecule has 1 aromatic rings. The molecule has 0 radical (unpaired) electrons. The molecule has 0 saturated carbocycles. The second-order valence-electron chi connectivity index (χ2n) is 6.34. The first kappa shape index (κ1) is 22.5. The van der Waals surface area contributed by atoms with Gasteiger partial charge in [-0.05, 0) is 44.6 Å². The van der Waals surface area contributed by atoms with E-state index >= 15 is 0 Å². The van der Waals surface area contributed by atoms with E-state index in [-0.39, 0.29) is 9.89 Å². The summed E-state index contributed by atoms with van der Waals surface area (Å²) in [5.41, 5.74) is 1.70. The maximum absolute atomic E-state index is 12.1. The lowest BCUT2D eigenvalue weighted by molar-refractivity contribution is 0.0518. The fourth-order valence-corrected chi connectivity index (χ4v) is 3.63. The molecule has 0 aliphatic rings. The van der Waals surface area contributed by atoms with Crippen molar-refractivity contribution >= 4 is 66.9 Å². The molecule has 25 heavy (non-hydrogen) atoms. The number of benzene rings is 1. The van der Waals surface area contributed by atoms with E-state index in [4.69, 9.17) is 21.1 Å². The first-order chi connectivity index (χ1) is 11.7. The van der Waals surface area contributed by atoms with Crippen LogP contribution in [0.5, 0.6) is 0 Å². The third kappa shape index (κ3) is 8.61. The number of alkyl carbamates (subject to hydrolysis) is 1. The van der Waals surface area contributed by atoms with Crippen LogP contribution in [-0.2, 0) is 15.3 Å². The number of nitrogens with one attached hydrogen (secondary N) is 2. The Balaban J connectivity index is 2.78. The Morgan fingerprint density at radius 1 is 1.36 bits per heavy atom. The molecule has 2 N–H and O–H groups in total. The van der Waals surface area contributed by atoms with E-state index in [0.717, 1.165) is 5.56 Å². The number of hydrogen-bond donors (Lipinski definition) is 2. The highest BCUT2D eigenvalue weighted by molar-refractivity contribution is 14.1. The molecule has 1 unspecified atom stereocenters. The highest BCUT2D eigenvalue weighted by Crippen LogP contribution is 2.14. The van der Waals surface area contributed by atoms with E-state index < -0.39 is 11.7 Å². The second kappa shape index (κ2) is 10.6. The number of thiocarbonyl (C=S) groups is 1. The van der Waals surface area contributed by atoms with Crippen molar-refractivity contribution in [2.24, 2.45) is 0 Å². The van der Waals surface area contributed by atoms with Crippen LogP contribution in [0.3, 0.4) is 0 Å². The fourth-order valence-electron chi connectivity index (χ4n) is 2.01. The lowest BCUT2D eigenvalue weighted by atomic mass is 9.92. The summed E-state index contributed by atoms with van der Waals surface area (Å²) >= 11 is 9.07. The number of rotatable bonds is 7. The fraction of sp³-hybridized carbons (Fsp3) is 0.500. The van der Waals surface area contributed by atoms with Crippen molar-refractivity contribution in [3.8, 4) is 0 Å². The molecule has 9 heteroatoms. The van der Waals surface area contributed by atoms with Gasteiger partial charge in [0, 0.05) is 14.2 Å². The smallest absolute Gasteiger partial charge is 0.408 e. The van der Waals surface area contributed by atoms with E-state index in [0.29, 0.717) is 11.4 Å². The van der Waals surface area contributed by atoms with Crippen LogP contribution < -0.4 is 16.1 Å². The molecule has 0 aliphatic heterocycles. The standard InChI is InChI=1S/C16H24BIN2O3S2/c1-16(2,3)23-15(21)20-13(14(24)19-4)10-11-6-8-12(9-7-11)17(18)25-22-5/h6-9,13H,10H2,1-5H3,(H,19,24)(H,20,21). The lowest BCUT2D eigenvalue weighted by Crippen LogP contribution is -2.47. The maximum Gasteiger partial charge on any atom is 0.408 e. The minimum Gasteiger partial charge on any atom is -0.444 e. The van der Waals surface area contributed by atoms with Crippen LogP contribution in [0, 0.1) is 0 Å². The molecule has 5 nitrogen and oxygen atoms in total. The molecule has 0 heterocycles. The molecule has 1 aromatic carbocycles. The predicted octanol–water partition coefficient (Wildman–Crippen LogP) is 3.09. The molecule has 1 atom stereocenters. The topological polar surface area (TPSA) is 59.6 Å². The minimum atomic E-state index is -0.550. The van der Waals surface area contributed by atoms with Gasteiger partial charge in [-0.15, -0.1) is 22.4 Å². The van der Waals surface area contributed by atoms with E-state index in [1.165, 1.54) is 17.4 Å². The molecule has 0 bridgehead atoms. The van der Waals surface area contributed by atoms with E-state index in [9.17, 15) is 4.79 Å². The zero-order valence-electron chi connectivity index (χ0n) is 15.1. The Labute approximate surface area is 173 Å². The van der Waals surface area contributed by atoms with Crippen molar-refractivity contribution in [2.75, 3.05) is 14.2 Å². The van der Waals surface area contributed by atoms with Gasteiger partial charge in [0.05, 0.1) is 11.0 Å². The number of halogens is 1. The second-order valence-corrected chi connectivity index (χ2v) is 9.87. The third-order valence-corrected chi connectivity index (χ3v) is 5.58. The molecule has 1 amide bonds. The summed E-state index contributed by atoms with van der Waals surface area (Å²) in [6.07, 6.45) is 0.109. The highest BCUT2D eigenvalue weighted by Gasteiger charge is 2.22. The van der Waals surface area contributed by atoms with Gasteiger partial charge in [0.1, 0.15) is 5.60 Å². The van der Waals surface area contributed by atoms with Gasteiger partial charge in [-0.3, -0.25) is 0 Å². The van der Waals surface area contributed by atoms with Crippen molar-refractivity contribution in [2.45, 2.75) is 38.8 Å². The van der Waals surface area contributed by atoms with Gasteiger partial charge in [-0.2, -0.15) is 0 Å². The molecule has 0 fully saturated rings. The van der Waals surface area contributed by atoms with Crippen molar-refractivity contribution in [1.29, 1.82) is 0 Å². The summed E-state index contributed by atoms with van der Waals surface area (Å²) in [5, 5.41) is 5.78. The van der Waals surface area contributed by atoms with Gasteiger partial charge >= 0.3 is 9.94 Å². The number of carbonyl (C=O) groups excluding carboxylic acids is 1. The Hall–Kier alpha value is -0.515. The van der Waals surface area contributed by atoms with Gasteiger partial charge < -0.3 is 19.6 Å². The van der Waals surface area contributed by atoms with Crippen LogP contribution in [0.1, 0.15) is 26.3 Å². The number of hydrogen-bond acceptors (Lipinski definition) is 5. The zero-order valence-corrected chi connectivity index (χ0v) is 18.9. The van der Waals surface area contributed by atoms with Gasteiger partial charge in [0.25, 0.3) is 0 Å². The normalized spacial score (nSPS) is 12.2. The monoisotopic (exact) mass is 494 g/mol. The molecule has 1 rings (SSSR count). The molecular formula is C16H24BIN2O3S2. The van der Waals surface area contributed by atoms with Crippen LogP contribution >= 0.6 is 46.5 Å². The van der Waals surface area contributed by atoms with Crippen LogP contribution in [0.25, 0.3) is 0 Å². The van der Waals surface area contributed by atoms with E-state index in [1.54, 1.807) is 14.2 Å². The number of amides is 1. The van der Waals surface area contributed by atoms with Crippen molar-refractivity contribution in [3.63, 3.8) is 0 Å². The average molecular weight is 494 g/mol. The molecule has 0 aliphatic carbocycles. The van der Waals surface area contributed by atoms with Gasteiger partial charge in [0.15, 0.2) is 0 Å². The van der Waals surface area contributed by atoms with Gasteiger partial charge in [-0.1, -0.05) is 41.9 Å². The number of carbonyl (C=O) groups is 1.